The maximum Gasteiger partial charge on any atom is 0.191 e. The lowest BCUT2D eigenvalue weighted by molar-refractivity contribution is 0.0514. The minimum atomic E-state index is 0. The van der Waals surface area contributed by atoms with Gasteiger partial charge in [0, 0.05) is 36.5 Å². The van der Waals surface area contributed by atoms with Crippen molar-refractivity contribution in [1.29, 1.82) is 0 Å². The quantitative estimate of drug-likeness (QED) is 0.343. The highest BCUT2D eigenvalue weighted by atomic mass is 127. The van der Waals surface area contributed by atoms with Crippen molar-refractivity contribution in [2.24, 2.45) is 4.99 Å². The average molecular weight is 491 g/mol. The number of hydrogen-bond donors (Lipinski definition) is 2. The number of aliphatic imine (C=N–C) groups is 1. The molecule has 4 nitrogen and oxygen atoms in total. The summed E-state index contributed by atoms with van der Waals surface area (Å²) in [7, 11) is 0. The third kappa shape index (κ3) is 6.93. The van der Waals surface area contributed by atoms with E-state index in [-0.39, 0.29) is 34.1 Å². The van der Waals surface area contributed by atoms with E-state index in [1.165, 1.54) is 5.56 Å². The standard InChI is InChI=1S/C20H33N3OS.HI/c1-5-21-18(22-15-19(2,3)25-4)23-16-20(11-13-24-14-12-20)17-9-7-6-8-10-17;/h6-10H,5,11-16H2,1-4H3,(H2,21,22,23);1H. The minimum Gasteiger partial charge on any atom is -0.381 e. The van der Waals surface area contributed by atoms with Gasteiger partial charge in [-0.2, -0.15) is 11.8 Å². The molecule has 0 bridgehead atoms. The van der Waals surface area contributed by atoms with Crippen molar-refractivity contribution in [2.75, 3.05) is 39.1 Å². The number of hydrogen-bond acceptors (Lipinski definition) is 3. The van der Waals surface area contributed by atoms with Crippen LogP contribution < -0.4 is 10.6 Å². The molecule has 0 aromatic heterocycles. The van der Waals surface area contributed by atoms with Crippen molar-refractivity contribution in [1.82, 2.24) is 10.6 Å². The van der Waals surface area contributed by atoms with Gasteiger partial charge in [-0.25, -0.2) is 0 Å². The van der Waals surface area contributed by atoms with Crippen LogP contribution in [0.5, 0.6) is 0 Å². The van der Waals surface area contributed by atoms with E-state index in [2.05, 4.69) is 68.0 Å². The summed E-state index contributed by atoms with van der Waals surface area (Å²) in [6.07, 6.45) is 4.22. The molecule has 0 spiro atoms. The molecular weight excluding hydrogens is 457 g/mol. The van der Waals surface area contributed by atoms with Gasteiger partial charge in [0.2, 0.25) is 0 Å². The van der Waals surface area contributed by atoms with Gasteiger partial charge in [-0.05, 0) is 45.4 Å². The van der Waals surface area contributed by atoms with Gasteiger partial charge < -0.3 is 15.4 Å². The van der Waals surface area contributed by atoms with E-state index in [1.807, 2.05) is 11.8 Å². The summed E-state index contributed by atoms with van der Waals surface area (Å²) in [5, 5.41) is 6.99. The van der Waals surface area contributed by atoms with Crippen LogP contribution in [0.15, 0.2) is 35.3 Å². The molecule has 0 atom stereocenters. The Morgan fingerprint density at radius 2 is 1.85 bits per heavy atom. The van der Waals surface area contributed by atoms with Crippen molar-refractivity contribution >= 4 is 41.7 Å². The van der Waals surface area contributed by atoms with E-state index in [0.29, 0.717) is 0 Å². The van der Waals surface area contributed by atoms with Crippen LogP contribution in [0.3, 0.4) is 0 Å². The van der Waals surface area contributed by atoms with Crippen LogP contribution in [0.2, 0.25) is 0 Å². The topological polar surface area (TPSA) is 45.7 Å². The molecule has 0 aliphatic carbocycles. The third-order valence-corrected chi connectivity index (χ3v) is 6.18. The van der Waals surface area contributed by atoms with Gasteiger partial charge >= 0.3 is 0 Å². The number of halogens is 1. The van der Waals surface area contributed by atoms with Gasteiger partial charge in [0.15, 0.2) is 5.96 Å². The Labute approximate surface area is 180 Å². The molecule has 1 saturated heterocycles. The first-order valence-electron chi connectivity index (χ1n) is 9.22. The van der Waals surface area contributed by atoms with Gasteiger partial charge in [-0.15, -0.1) is 24.0 Å². The monoisotopic (exact) mass is 491 g/mol. The number of ether oxygens (including phenoxy) is 1. The third-order valence-electron chi connectivity index (χ3n) is 4.95. The molecule has 0 amide bonds. The zero-order valence-electron chi connectivity index (χ0n) is 16.5. The number of guanidine groups is 1. The van der Waals surface area contributed by atoms with E-state index in [9.17, 15) is 0 Å². The van der Waals surface area contributed by atoms with E-state index >= 15 is 0 Å². The molecule has 1 aromatic carbocycles. The molecule has 1 aliphatic rings. The van der Waals surface area contributed by atoms with Gasteiger partial charge in [0.1, 0.15) is 0 Å². The molecule has 1 heterocycles. The Hall–Kier alpha value is -0.470. The smallest absolute Gasteiger partial charge is 0.191 e. The van der Waals surface area contributed by atoms with Crippen LogP contribution in [-0.4, -0.2) is 49.8 Å². The van der Waals surface area contributed by atoms with Crippen LogP contribution in [0.1, 0.15) is 39.2 Å². The highest BCUT2D eigenvalue weighted by Gasteiger charge is 2.34. The summed E-state index contributed by atoms with van der Waals surface area (Å²) in [4.78, 5) is 4.81. The molecule has 0 radical (unpaired) electrons. The number of thioether (sulfide) groups is 1. The zero-order valence-corrected chi connectivity index (χ0v) is 19.7. The minimum absolute atomic E-state index is 0. The van der Waals surface area contributed by atoms with Gasteiger partial charge in [-0.1, -0.05) is 30.3 Å². The van der Waals surface area contributed by atoms with E-state index < -0.39 is 0 Å². The van der Waals surface area contributed by atoms with Gasteiger partial charge in [-0.3, -0.25) is 4.99 Å². The highest BCUT2D eigenvalue weighted by molar-refractivity contribution is 14.0. The Kier molecular flexibility index (Phi) is 10.3. The Morgan fingerprint density at radius 3 is 2.42 bits per heavy atom. The van der Waals surface area contributed by atoms with Crippen molar-refractivity contribution in [3.8, 4) is 0 Å². The Balaban J connectivity index is 0.00000338. The molecule has 2 N–H and O–H groups in total. The molecule has 0 saturated carbocycles. The van der Waals surface area contributed by atoms with Crippen LogP contribution in [0, 0.1) is 0 Å². The molecule has 6 heteroatoms. The number of benzene rings is 1. The molecule has 1 fully saturated rings. The lowest BCUT2D eigenvalue weighted by Gasteiger charge is -2.38. The summed E-state index contributed by atoms with van der Waals surface area (Å²) in [5.41, 5.74) is 1.51. The summed E-state index contributed by atoms with van der Waals surface area (Å²) >= 11 is 1.85. The van der Waals surface area contributed by atoms with E-state index in [1.54, 1.807) is 0 Å². The first kappa shape index (κ1) is 23.6. The van der Waals surface area contributed by atoms with Crippen molar-refractivity contribution in [3.63, 3.8) is 0 Å². The number of nitrogens with one attached hydrogen (secondary N) is 2. The fourth-order valence-electron chi connectivity index (χ4n) is 3.05. The maximum absolute atomic E-state index is 5.63. The summed E-state index contributed by atoms with van der Waals surface area (Å²) in [6.45, 7) is 10.8. The first-order chi connectivity index (χ1) is 12.0. The molecule has 26 heavy (non-hydrogen) atoms. The van der Waals surface area contributed by atoms with E-state index in [4.69, 9.17) is 9.73 Å². The molecule has 2 rings (SSSR count). The summed E-state index contributed by atoms with van der Waals surface area (Å²) in [5.74, 6) is 0.909. The Bertz CT molecular complexity index is 545. The summed E-state index contributed by atoms with van der Waals surface area (Å²) in [6, 6.07) is 10.8. The fourth-order valence-corrected chi connectivity index (χ4v) is 3.24. The summed E-state index contributed by atoms with van der Waals surface area (Å²) < 4.78 is 5.78. The number of nitrogens with zero attached hydrogens (tertiary/aromatic N) is 1. The van der Waals surface area contributed by atoms with Crippen molar-refractivity contribution < 1.29 is 4.74 Å². The van der Waals surface area contributed by atoms with Crippen LogP contribution in [-0.2, 0) is 10.2 Å². The van der Waals surface area contributed by atoms with Gasteiger partial charge in [0.25, 0.3) is 0 Å². The molecule has 0 unspecified atom stereocenters. The van der Waals surface area contributed by atoms with Gasteiger partial charge in [0.05, 0.1) is 6.54 Å². The second-order valence-corrected chi connectivity index (χ2v) is 8.78. The van der Waals surface area contributed by atoms with Crippen LogP contribution in [0.25, 0.3) is 0 Å². The molecular formula is C20H34IN3OS. The largest absolute Gasteiger partial charge is 0.381 e. The van der Waals surface area contributed by atoms with Crippen molar-refractivity contribution in [3.05, 3.63) is 35.9 Å². The molecule has 1 aliphatic heterocycles. The average Bonchev–Trinajstić information content (AvgIpc) is 2.65. The predicted octanol–water partition coefficient (Wildman–Crippen LogP) is 4.05. The number of rotatable bonds is 7. The molecule has 1 aromatic rings. The van der Waals surface area contributed by atoms with Crippen molar-refractivity contribution in [2.45, 2.75) is 43.8 Å². The highest BCUT2D eigenvalue weighted by Crippen LogP contribution is 2.34. The zero-order chi connectivity index (χ0) is 18.2. The SMILES string of the molecule is CCNC(=NCC(C)(C)SC)NCC1(c2ccccc2)CCOCC1.I. The van der Waals surface area contributed by atoms with E-state index in [0.717, 1.165) is 51.6 Å². The maximum atomic E-state index is 5.63. The molecule has 148 valence electrons. The Morgan fingerprint density at radius 1 is 1.19 bits per heavy atom. The van der Waals surface area contributed by atoms with Crippen LogP contribution in [0.4, 0.5) is 0 Å². The normalized spacial score (nSPS) is 17.3. The first-order valence-corrected chi connectivity index (χ1v) is 10.4. The van der Waals surface area contributed by atoms with Crippen LogP contribution >= 0.6 is 35.7 Å². The predicted molar refractivity (Wildman–Crippen MR) is 125 cm³/mol. The fraction of sp³-hybridized carbons (Fsp3) is 0.650. The lowest BCUT2D eigenvalue weighted by atomic mass is 9.74. The second-order valence-electron chi connectivity index (χ2n) is 7.27. The lowest BCUT2D eigenvalue weighted by Crippen LogP contribution is -2.48. The second kappa shape index (κ2) is 11.4.